The molecule has 2 saturated heterocycles. The molecule has 2 N–H and O–H groups in total. The predicted molar refractivity (Wildman–Crippen MR) is 116 cm³/mol. The van der Waals surface area contributed by atoms with Crippen molar-refractivity contribution in [2.24, 2.45) is 0 Å². The van der Waals surface area contributed by atoms with Gasteiger partial charge in [-0.25, -0.2) is 4.98 Å². The van der Waals surface area contributed by atoms with E-state index in [1.807, 2.05) is 48.5 Å². The Morgan fingerprint density at radius 1 is 1.10 bits per heavy atom. The average molecular weight is 405 g/mol. The molecule has 0 bridgehead atoms. The largest absolute Gasteiger partial charge is 0.370 e. The van der Waals surface area contributed by atoms with Gasteiger partial charge in [0.15, 0.2) is 0 Å². The Morgan fingerprint density at radius 3 is 2.67 bits per heavy atom. The van der Waals surface area contributed by atoms with Crippen molar-refractivity contribution in [1.29, 1.82) is 0 Å². The van der Waals surface area contributed by atoms with Crippen LogP contribution in [0.2, 0.25) is 0 Å². The maximum Gasteiger partial charge on any atom is 0.251 e. The number of para-hydroxylation sites is 2. The number of carbonyl (C=O) groups is 1. The third-order valence-electron chi connectivity index (χ3n) is 6.44. The summed E-state index contributed by atoms with van der Waals surface area (Å²) < 4.78 is 6.46. The summed E-state index contributed by atoms with van der Waals surface area (Å²) in [7, 11) is 0. The molecule has 2 aliphatic heterocycles. The lowest BCUT2D eigenvalue weighted by molar-refractivity contribution is -0.0766. The summed E-state index contributed by atoms with van der Waals surface area (Å²) in [6.45, 7) is 3.46. The number of likely N-dealkylation sites (tertiary alicyclic amines) is 1. The number of hydrogen-bond acceptors (Lipinski definition) is 4. The second-order valence-corrected chi connectivity index (χ2v) is 8.51. The molecule has 1 amide bonds. The molecule has 1 atom stereocenters. The number of aromatic amines is 1. The minimum atomic E-state index is -0.0270. The topological polar surface area (TPSA) is 70.2 Å². The summed E-state index contributed by atoms with van der Waals surface area (Å²) in [6.07, 6.45) is 4.28. The lowest BCUT2D eigenvalue weighted by Crippen LogP contribution is -2.45. The summed E-state index contributed by atoms with van der Waals surface area (Å²) in [5, 5.41) is 3.03. The molecule has 2 aliphatic rings. The Hall–Kier alpha value is -2.70. The van der Waals surface area contributed by atoms with E-state index < -0.39 is 0 Å². The van der Waals surface area contributed by atoms with E-state index in [4.69, 9.17) is 9.72 Å². The molecule has 2 aromatic carbocycles. The Bertz CT molecular complexity index is 975. The summed E-state index contributed by atoms with van der Waals surface area (Å²) in [5.74, 6) is 1.00. The molecule has 0 radical (unpaired) electrons. The molecule has 6 nitrogen and oxygen atoms in total. The van der Waals surface area contributed by atoms with Gasteiger partial charge in [0.2, 0.25) is 0 Å². The summed E-state index contributed by atoms with van der Waals surface area (Å²) in [4.78, 5) is 22.9. The van der Waals surface area contributed by atoms with Crippen LogP contribution in [0.4, 0.5) is 0 Å². The van der Waals surface area contributed by atoms with E-state index in [1.54, 1.807) is 0 Å². The molecule has 2 fully saturated rings. The van der Waals surface area contributed by atoms with Crippen molar-refractivity contribution < 1.29 is 9.53 Å². The molecule has 3 aromatic rings. The lowest BCUT2D eigenvalue weighted by atomic mass is 9.88. The number of benzene rings is 2. The lowest BCUT2D eigenvalue weighted by Gasteiger charge is -2.39. The average Bonchev–Trinajstić information content (AvgIpc) is 3.38. The molecule has 1 spiro atoms. The van der Waals surface area contributed by atoms with Crippen LogP contribution in [0.3, 0.4) is 0 Å². The van der Waals surface area contributed by atoms with E-state index in [-0.39, 0.29) is 17.6 Å². The SMILES string of the molecule is O=C(NC[C@H]1CCC2(CCN(Cc3nc4ccccc4[nH]3)CC2)O1)c1ccccc1. The zero-order chi connectivity index (χ0) is 20.4. The van der Waals surface area contributed by atoms with Crippen LogP contribution in [0, 0.1) is 0 Å². The Morgan fingerprint density at radius 2 is 1.87 bits per heavy atom. The summed E-state index contributed by atoms with van der Waals surface area (Å²) >= 11 is 0. The maximum atomic E-state index is 12.3. The van der Waals surface area contributed by atoms with Crippen LogP contribution in [0.5, 0.6) is 0 Å². The first-order valence-electron chi connectivity index (χ1n) is 10.9. The molecule has 30 heavy (non-hydrogen) atoms. The minimum Gasteiger partial charge on any atom is -0.370 e. The number of rotatable bonds is 5. The van der Waals surface area contributed by atoms with E-state index in [9.17, 15) is 4.79 Å². The second kappa shape index (κ2) is 8.20. The van der Waals surface area contributed by atoms with Gasteiger partial charge in [-0.3, -0.25) is 9.69 Å². The van der Waals surface area contributed by atoms with Gasteiger partial charge >= 0.3 is 0 Å². The Labute approximate surface area is 176 Å². The zero-order valence-corrected chi connectivity index (χ0v) is 17.1. The van der Waals surface area contributed by atoms with Gasteiger partial charge in [0.1, 0.15) is 5.82 Å². The van der Waals surface area contributed by atoms with Crippen LogP contribution in [0.15, 0.2) is 54.6 Å². The third kappa shape index (κ3) is 4.11. The van der Waals surface area contributed by atoms with Crippen molar-refractivity contribution >= 4 is 16.9 Å². The molecular weight excluding hydrogens is 376 g/mol. The third-order valence-corrected chi connectivity index (χ3v) is 6.44. The van der Waals surface area contributed by atoms with Crippen LogP contribution >= 0.6 is 0 Å². The van der Waals surface area contributed by atoms with Crippen molar-refractivity contribution in [3.63, 3.8) is 0 Å². The zero-order valence-electron chi connectivity index (χ0n) is 17.1. The van der Waals surface area contributed by atoms with E-state index >= 15 is 0 Å². The van der Waals surface area contributed by atoms with Gasteiger partial charge in [-0.15, -0.1) is 0 Å². The van der Waals surface area contributed by atoms with Crippen LogP contribution in [-0.4, -0.2) is 52.1 Å². The highest BCUT2D eigenvalue weighted by Crippen LogP contribution is 2.39. The molecule has 0 saturated carbocycles. The number of hydrogen-bond donors (Lipinski definition) is 2. The smallest absolute Gasteiger partial charge is 0.251 e. The molecule has 0 aliphatic carbocycles. The number of amides is 1. The number of fused-ring (bicyclic) bond motifs is 1. The molecule has 6 heteroatoms. The van der Waals surface area contributed by atoms with Crippen molar-refractivity contribution in [2.45, 2.75) is 43.9 Å². The molecule has 5 rings (SSSR count). The molecular formula is C24H28N4O2. The number of nitrogens with zero attached hydrogens (tertiary/aromatic N) is 2. The number of aromatic nitrogens is 2. The van der Waals surface area contributed by atoms with Gasteiger partial charge in [-0.2, -0.15) is 0 Å². The fourth-order valence-electron chi connectivity index (χ4n) is 4.72. The molecule has 3 heterocycles. The summed E-state index contributed by atoms with van der Waals surface area (Å²) in [6, 6.07) is 17.5. The highest BCUT2D eigenvalue weighted by Gasteiger charge is 2.42. The normalized spacial score (nSPS) is 21.3. The van der Waals surface area contributed by atoms with Crippen molar-refractivity contribution in [2.75, 3.05) is 19.6 Å². The van der Waals surface area contributed by atoms with Gasteiger partial charge in [-0.05, 0) is 49.9 Å². The number of imidazole rings is 1. The van der Waals surface area contributed by atoms with Crippen molar-refractivity contribution in [1.82, 2.24) is 20.2 Å². The van der Waals surface area contributed by atoms with Crippen LogP contribution in [0.25, 0.3) is 11.0 Å². The fraction of sp³-hybridized carbons (Fsp3) is 0.417. The van der Waals surface area contributed by atoms with E-state index in [0.29, 0.717) is 12.1 Å². The first-order chi connectivity index (χ1) is 14.7. The summed E-state index contributed by atoms with van der Waals surface area (Å²) in [5.41, 5.74) is 2.80. The highest BCUT2D eigenvalue weighted by atomic mass is 16.5. The Balaban J connectivity index is 1.10. The standard InChI is InChI=1S/C24H28N4O2/c29-23(18-6-2-1-3-7-18)25-16-19-10-11-24(30-19)12-14-28(15-13-24)17-22-26-20-8-4-5-9-21(20)27-22/h1-9,19H,10-17H2,(H,25,29)(H,26,27)/t19-/m1/s1. The minimum absolute atomic E-state index is 0.0213. The number of ether oxygens (including phenoxy) is 1. The Kier molecular flexibility index (Phi) is 5.27. The monoisotopic (exact) mass is 404 g/mol. The predicted octanol–water partition coefficient (Wildman–Crippen LogP) is 3.51. The first-order valence-corrected chi connectivity index (χ1v) is 10.9. The highest BCUT2D eigenvalue weighted by molar-refractivity contribution is 5.94. The van der Waals surface area contributed by atoms with Crippen molar-refractivity contribution in [3.05, 3.63) is 66.0 Å². The first kappa shape index (κ1) is 19.3. The number of H-pyrrole nitrogens is 1. The molecule has 156 valence electrons. The number of carbonyl (C=O) groups excluding carboxylic acids is 1. The molecule has 1 aromatic heterocycles. The van der Waals surface area contributed by atoms with Gasteiger partial charge < -0.3 is 15.0 Å². The van der Waals surface area contributed by atoms with Gasteiger partial charge in [-0.1, -0.05) is 30.3 Å². The number of piperidine rings is 1. The number of nitrogens with one attached hydrogen (secondary N) is 2. The van der Waals surface area contributed by atoms with Gasteiger partial charge in [0, 0.05) is 25.2 Å². The van der Waals surface area contributed by atoms with E-state index in [0.717, 1.165) is 62.2 Å². The van der Waals surface area contributed by atoms with Gasteiger partial charge in [0.05, 0.1) is 29.3 Å². The maximum absolute atomic E-state index is 12.3. The van der Waals surface area contributed by atoms with Crippen molar-refractivity contribution in [3.8, 4) is 0 Å². The second-order valence-electron chi connectivity index (χ2n) is 8.51. The van der Waals surface area contributed by atoms with Crippen LogP contribution in [0.1, 0.15) is 41.9 Å². The van der Waals surface area contributed by atoms with Gasteiger partial charge in [0.25, 0.3) is 5.91 Å². The fourth-order valence-corrected chi connectivity index (χ4v) is 4.72. The van der Waals surface area contributed by atoms with Crippen LogP contribution in [-0.2, 0) is 11.3 Å². The van der Waals surface area contributed by atoms with Crippen LogP contribution < -0.4 is 5.32 Å². The molecule has 0 unspecified atom stereocenters. The quantitative estimate of drug-likeness (QED) is 0.683. The van der Waals surface area contributed by atoms with E-state index in [1.165, 1.54) is 0 Å². The van der Waals surface area contributed by atoms with E-state index in [2.05, 4.69) is 21.3 Å².